The predicted octanol–water partition coefficient (Wildman–Crippen LogP) is 1.36. The standard InChI is InChI=1S/C14H19NO4/c1-3-13(16)12-8-15(14(12)17)19-9-10-4-6-11(18-2)7-5-10/h4-7,12-13,16H,3,8-9H2,1-2H3. The summed E-state index contributed by atoms with van der Waals surface area (Å²) in [4.78, 5) is 17.1. The summed E-state index contributed by atoms with van der Waals surface area (Å²) in [6.07, 6.45) is 0.0243. The third-order valence-corrected chi connectivity index (χ3v) is 3.35. The van der Waals surface area contributed by atoms with Crippen molar-refractivity contribution in [2.45, 2.75) is 26.1 Å². The molecule has 1 aromatic carbocycles. The van der Waals surface area contributed by atoms with E-state index < -0.39 is 6.10 Å². The van der Waals surface area contributed by atoms with Gasteiger partial charge in [0.1, 0.15) is 12.4 Å². The number of aliphatic hydroxyl groups is 1. The molecule has 5 heteroatoms. The molecule has 0 saturated carbocycles. The molecule has 0 spiro atoms. The summed E-state index contributed by atoms with van der Waals surface area (Å²) in [6, 6.07) is 7.48. The van der Waals surface area contributed by atoms with Gasteiger partial charge in [-0.05, 0) is 24.1 Å². The van der Waals surface area contributed by atoms with Gasteiger partial charge < -0.3 is 9.84 Å². The summed E-state index contributed by atoms with van der Waals surface area (Å²) in [5.74, 6) is 0.346. The number of β-lactam (4-membered cyclic amide) rings is 1. The van der Waals surface area contributed by atoms with E-state index in [1.54, 1.807) is 7.11 Å². The highest BCUT2D eigenvalue weighted by Crippen LogP contribution is 2.24. The highest BCUT2D eigenvalue weighted by atomic mass is 16.7. The van der Waals surface area contributed by atoms with Crippen LogP contribution in [0.25, 0.3) is 0 Å². The van der Waals surface area contributed by atoms with Crippen molar-refractivity contribution in [2.75, 3.05) is 13.7 Å². The third-order valence-electron chi connectivity index (χ3n) is 3.35. The van der Waals surface area contributed by atoms with E-state index in [4.69, 9.17) is 9.57 Å². The van der Waals surface area contributed by atoms with Gasteiger partial charge in [0, 0.05) is 0 Å². The van der Waals surface area contributed by atoms with Crippen molar-refractivity contribution in [3.05, 3.63) is 29.8 Å². The van der Waals surface area contributed by atoms with Crippen LogP contribution >= 0.6 is 0 Å². The van der Waals surface area contributed by atoms with Crippen LogP contribution in [0.15, 0.2) is 24.3 Å². The Labute approximate surface area is 112 Å². The Morgan fingerprint density at radius 3 is 2.63 bits per heavy atom. The Balaban J connectivity index is 1.79. The van der Waals surface area contributed by atoms with Gasteiger partial charge in [-0.2, -0.15) is 0 Å². The van der Waals surface area contributed by atoms with Gasteiger partial charge in [0.15, 0.2) is 0 Å². The summed E-state index contributed by atoms with van der Waals surface area (Å²) in [5, 5.41) is 10.9. The van der Waals surface area contributed by atoms with Crippen LogP contribution < -0.4 is 4.74 Å². The van der Waals surface area contributed by atoms with Crippen LogP contribution in [0.3, 0.4) is 0 Å². The first-order valence-corrected chi connectivity index (χ1v) is 6.41. The Morgan fingerprint density at radius 1 is 1.42 bits per heavy atom. The summed E-state index contributed by atoms with van der Waals surface area (Å²) >= 11 is 0. The fourth-order valence-corrected chi connectivity index (χ4v) is 1.98. The molecule has 1 aliphatic rings. The maximum Gasteiger partial charge on any atom is 0.253 e. The van der Waals surface area contributed by atoms with E-state index in [2.05, 4.69) is 0 Å². The molecule has 1 N–H and O–H groups in total. The number of amides is 1. The van der Waals surface area contributed by atoms with Gasteiger partial charge >= 0.3 is 0 Å². The molecule has 1 fully saturated rings. The average Bonchev–Trinajstić information content (AvgIpc) is 2.45. The second-order valence-corrected chi connectivity index (χ2v) is 4.60. The molecule has 5 nitrogen and oxygen atoms in total. The summed E-state index contributed by atoms with van der Waals surface area (Å²) in [5.41, 5.74) is 0.966. The van der Waals surface area contributed by atoms with Crippen LogP contribution in [-0.4, -0.2) is 35.8 Å². The average molecular weight is 265 g/mol. The molecule has 1 saturated heterocycles. The fourth-order valence-electron chi connectivity index (χ4n) is 1.98. The number of benzene rings is 1. The maximum atomic E-state index is 11.7. The van der Waals surface area contributed by atoms with Crippen LogP contribution in [0.2, 0.25) is 0 Å². The fraction of sp³-hybridized carbons (Fsp3) is 0.500. The number of aliphatic hydroxyl groups excluding tert-OH is 1. The molecule has 2 atom stereocenters. The Kier molecular flexibility index (Phi) is 4.39. The van der Waals surface area contributed by atoms with E-state index in [0.717, 1.165) is 11.3 Å². The molecule has 1 heterocycles. The first kappa shape index (κ1) is 13.8. The molecule has 0 aromatic heterocycles. The number of carbonyl (C=O) groups excluding carboxylic acids is 1. The molecule has 1 amide bonds. The summed E-state index contributed by atoms with van der Waals surface area (Å²) < 4.78 is 5.06. The minimum atomic E-state index is -0.562. The van der Waals surface area contributed by atoms with Gasteiger partial charge in [-0.15, -0.1) is 0 Å². The zero-order valence-corrected chi connectivity index (χ0v) is 11.2. The molecule has 2 unspecified atom stereocenters. The minimum Gasteiger partial charge on any atom is -0.497 e. The van der Waals surface area contributed by atoms with E-state index >= 15 is 0 Å². The number of nitrogens with zero attached hydrogens (tertiary/aromatic N) is 1. The second-order valence-electron chi connectivity index (χ2n) is 4.60. The van der Waals surface area contributed by atoms with Gasteiger partial charge in [0.2, 0.25) is 0 Å². The molecule has 19 heavy (non-hydrogen) atoms. The highest BCUT2D eigenvalue weighted by molar-refractivity contribution is 5.84. The number of carbonyl (C=O) groups is 1. The number of methoxy groups -OCH3 is 1. The zero-order chi connectivity index (χ0) is 13.8. The van der Waals surface area contributed by atoms with Crippen LogP contribution in [0.5, 0.6) is 5.75 Å². The summed E-state index contributed by atoms with van der Waals surface area (Å²) in [6.45, 7) is 2.66. The van der Waals surface area contributed by atoms with Gasteiger partial charge in [0.25, 0.3) is 5.91 Å². The largest absolute Gasteiger partial charge is 0.497 e. The van der Waals surface area contributed by atoms with Crippen molar-refractivity contribution in [1.29, 1.82) is 0 Å². The van der Waals surface area contributed by atoms with Crippen molar-refractivity contribution in [1.82, 2.24) is 5.06 Å². The Morgan fingerprint density at radius 2 is 2.11 bits per heavy atom. The zero-order valence-electron chi connectivity index (χ0n) is 11.2. The summed E-state index contributed by atoms with van der Waals surface area (Å²) in [7, 11) is 1.61. The molecule has 0 aliphatic carbocycles. The number of hydrogen-bond acceptors (Lipinski definition) is 4. The van der Waals surface area contributed by atoms with Crippen molar-refractivity contribution >= 4 is 5.91 Å². The first-order chi connectivity index (χ1) is 9.15. The number of ether oxygens (including phenoxy) is 1. The highest BCUT2D eigenvalue weighted by Gasteiger charge is 2.41. The van der Waals surface area contributed by atoms with Gasteiger partial charge in [-0.25, -0.2) is 5.06 Å². The molecular weight excluding hydrogens is 246 g/mol. The van der Waals surface area contributed by atoms with Crippen molar-refractivity contribution < 1.29 is 19.5 Å². The van der Waals surface area contributed by atoms with Crippen LogP contribution in [0.1, 0.15) is 18.9 Å². The van der Waals surface area contributed by atoms with E-state index in [1.165, 1.54) is 5.06 Å². The monoisotopic (exact) mass is 265 g/mol. The molecular formula is C14H19NO4. The molecule has 0 radical (unpaired) electrons. The van der Waals surface area contributed by atoms with Crippen molar-refractivity contribution in [2.24, 2.45) is 5.92 Å². The quantitative estimate of drug-likeness (QED) is 0.789. The topological polar surface area (TPSA) is 59.0 Å². The van der Waals surface area contributed by atoms with Crippen LogP contribution in [0, 0.1) is 5.92 Å². The van der Waals surface area contributed by atoms with E-state index in [-0.39, 0.29) is 11.8 Å². The van der Waals surface area contributed by atoms with Gasteiger partial charge in [-0.3, -0.25) is 9.63 Å². The van der Waals surface area contributed by atoms with Gasteiger partial charge in [-0.1, -0.05) is 19.1 Å². The van der Waals surface area contributed by atoms with Crippen LogP contribution in [0.4, 0.5) is 0 Å². The Hall–Kier alpha value is -1.59. The smallest absolute Gasteiger partial charge is 0.253 e. The predicted molar refractivity (Wildman–Crippen MR) is 69.3 cm³/mol. The molecule has 104 valence electrons. The van der Waals surface area contributed by atoms with Crippen molar-refractivity contribution in [3.8, 4) is 5.75 Å². The second kappa shape index (κ2) is 6.04. The minimum absolute atomic E-state index is 0.136. The maximum absolute atomic E-state index is 11.7. The van der Waals surface area contributed by atoms with E-state index in [1.807, 2.05) is 31.2 Å². The van der Waals surface area contributed by atoms with Gasteiger partial charge in [0.05, 0.1) is 25.7 Å². The van der Waals surface area contributed by atoms with Crippen LogP contribution in [-0.2, 0) is 16.2 Å². The Bertz CT molecular complexity index is 432. The lowest BCUT2D eigenvalue weighted by molar-refractivity contribution is -0.233. The normalized spacial score (nSPS) is 20.1. The molecule has 0 bridgehead atoms. The lowest BCUT2D eigenvalue weighted by Gasteiger charge is -2.39. The van der Waals surface area contributed by atoms with Crippen molar-refractivity contribution in [3.63, 3.8) is 0 Å². The lowest BCUT2D eigenvalue weighted by Crippen LogP contribution is -2.56. The van der Waals surface area contributed by atoms with E-state index in [9.17, 15) is 9.90 Å². The third kappa shape index (κ3) is 3.05. The number of rotatable bonds is 6. The van der Waals surface area contributed by atoms with E-state index in [0.29, 0.717) is 19.6 Å². The molecule has 1 aliphatic heterocycles. The molecule has 1 aromatic rings. The lowest BCUT2D eigenvalue weighted by atomic mass is 9.93. The molecule has 2 rings (SSSR count). The first-order valence-electron chi connectivity index (χ1n) is 6.41. The number of hydrogen-bond donors (Lipinski definition) is 1. The SMILES string of the molecule is CCC(O)C1CN(OCc2ccc(OC)cc2)C1=O. The number of hydroxylamine groups is 2.